The number of benzene rings is 1. The maximum atomic E-state index is 8.87. The Morgan fingerprint density at radius 2 is 2.17 bits per heavy atom. The van der Waals surface area contributed by atoms with E-state index in [1.165, 1.54) is 12.0 Å². The van der Waals surface area contributed by atoms with Crippen LogP contribution in [-0.2, 0) is 0 Å². The van der Waals surface area contributed by atoms with Gasteiger partial charge in [-0.3, -0.25) is 0 Å². The van der Waals surface area contributed by atoms with Crippen molar-refractivity contribution in [3.63, 3.8) is 0 Å². The number of hydrogen-bond donors (Lipinski definition) is 2. The molecule has 1 fully saturated rings. The first-order chi connectivity index (χ1) is 8.83. The molecule has 1 unspecified atom stereocenters. The van der Waals surface area contributed by atoms with Gasteiger partial charge in [-0.25, -0.2) is 10.4 Å². The highest BCUT2D eigenvalue weighted by molar-refractivity contribution is 5.29. The van der Waals surface area contributed by atoms with E-state index in [0.29, 0.717) is 6.04 Å². The molecule has 0 spiro atoms. The van der Waals surface area contributed by atoms with E-state index in [2.05, 4.69) is 22.6 Å². The van der Waals surface area contributed by atoms with E-state index >= 15 is 0 Å². The van der Waals surface area contributed by atoms with E-state index in [-0.39, 0.29) is 6.61 Å². The highest BCUT2D eigenvalue weighted by Crippen LogP contribution is 2.24. The fourth-order valence-electron chi connectivity index (χ4n) is 2.35. The third-order valence-corrected chi connectivity index (χ3v) is 3.36. The second kappa shape index (κ2) is 6.73. The van der Waals surface area contributed by atoms with E-state index in [0.717, 1.165) is 31.7 Å². The zero-order chi connectivity index (χ0) is 12.8. The molecule has 100 valence electrons. The summed E-state index contributed by atoms with van der Waals surface area (Å²) in [6, 6.07) is 8.62. The summed E-state index contributed by atoms with van der Waals surface area (Å²) in [6.07, 6.45) is 3.17. The van der Waals surface area contributed by atoms with Crippen LogP contribution >= 0.6 is 0 Å². The number of nitrogens with zero attached hydrogens (tertiary/aromatic N) is 1. The van der Waals surface area contributed by atoms with Crippen molar-refractivity contribution in [1.82, 2.24) is 10.4 Å². The molecule has 0 saturated carbocycles. The molecule has 1 aliphatic rings. The second-order valence-corrected chi connectivity index (χ2v) is 4.66. The van der Waals surface area contributed by atoms with Crippen LogP contribution in [-0.4, -0.2) is 36.9 Å². The summed E-state index contributed by atoms with van der Waals surface area (Å²) in [4.78, 5) is 0. The summed E-state index contributed by atoms with van der Waals surface area (Å²) in [7, 11) is 1.69. The molecule has 0 amide bonds. The van der Waals surface area contributed by atoms with E-state index in [4.69, 9.17) is 9.84 Å². The van der Waals surface area contributed by atoms with Gasteiger partial charge in [0.1, 0.15) is 5.75 Å². The predicted molar refractivity (Wildman–Crippen MR) is 71.4 cm³/mol. The lowest BCUT2D eigenvalue weighted by Gasteiger charge is -2.34. The van der Waals surface area contributed by atoms with Crippen molar-refractivity contribution in [3.05, 3.63) is 29.8 Å². The lowest BCUT2D eigenvalue weighted by atomic mass is 10.0. The van der Waals surface area contributed by atoms with Crippen LogP contribution in [0.15, 0.2) is 24.3 Å². The lowest BCUT2D eigenvalue weighted by Crippen LogP contribution is -2.45. The van der Waals surface area contributed by atoms with E-state index in [9.17, 15) is 0 Å². The minimum absolute atomic E-state index is 0.255. The van der Waals surface area contributed by atoms with Crippen LogP contribution in [0.2, 0.25) is 0 Å². The molecule has 1 atom stereocenters. The first kappa shape index (κ1) is 13.3. The Morgan fingerprint density at radius 3 is 2.83 bits per heavy atom. The van der Waals surface area contributed by atoms with Gasteiger partial charge >= 0.3 is 0 Å². The third-order valence-electron chi connectivity index (χ3n) is 3.36. The SMILES string of the molecule is COc1ccc(C2CCCN(CCCO)N2)cc1. The molecule has 4 heteroatoms. The molecule has 4 nitrogen and oxygen atoms in total. The van der Waals surface area contributed by atoms with Gasteiger partial charge in [0.25, 0.3) is 0 Å². The van der Waals surface area contributed by atoms with Crippen LogP contribution in [0.3, 0.4) is 0 Å². The van der Waals surface area contributed by atoms with Crippen LogP contribution in [0, 0.1) is 0 Å². The molecule has 0 aromatic heterocycles. The number of aliphatic hydroxyl groups is 1. The summed E-state index contributed by atoms with van der Waals surface area (Å²) in [6.45, 7) is 2.22. The van der Waals surface area contributed by atoms with Crippen molar-refractivity contribution < 1.29 is 9.84 Å². The maximum Gasteiger partial charge on any atom is 0.118 e. The number of hydrogen-bond acceptors (Lipinski definition) is 4. The van der Waals surface area contributed by atoms with Crippen LogP contribution in [0.4, 0.5) is 0 Å². The minimum atomic E-state index is 0.255. The summed E-state index contributed by atoms with van der Waals surface area (Å²) >= 11 is 0. The molecule has 0 radical (unpaired) electrons. The molecule has 0 aliphatic carbocycles. The number of methoxy groups -OCH3 is 1. The smallest absolute Gasteiger partial charge is 0.118 e. The Bertz CT molecular complexity index is 353. The van der Waals surface area contributed by atoms with Gasteiger partial charge in [-0.05, 0) is 37.0 Å². The van der Waals surface area contributed by atoms with Crippen molar-refractivity contribution in [2.45, 2.75) is 25.3 Å². The fourth-order valence-corrected chi connectivity index (χ4v) is 2.35. The number of aliphatic hydroxyl groups excluding tert-OH is 1. The normalized spacial score (nSPS) is 20.9. The van der Waals surface area contributed by atoms with Crippen molar-refractivity contribution >= 4 is 0 Å². The Labute approximate surface area is 109 Å². The first-order valence-corrected chi connectivity index (χ1v) is 6.59. The molecule has 0 bridgehead atoms. The Hall–Kier alpha value is -1.10. The van der Waals surface area contributed by atoms with Gasteiger partial charge in [0, 0.05) is 25.7 Å². The average molecular weight is 250 g/mol. The first-order valence-electron chi connectivity index (χ1n) is 6.59. The van der Waals surface area contributed by atoms with Crippen LogP contribution < -0.4 is 10.2 Å². The summed E-state index contributed by atoms with van der Waals surface area (Å²) in [5.41, 5.74) is 4.82. The van der Waals surface area contributed by atoms with Crippen molar-refractivity contribution in [3.8, 4) is 5.75 Å². The number of rotatable bonds is 5. The molecular weight excluding hydrogens is 228 g/mol. The van der Waals surface area contributed by atoms with Crippen LogP contribution in [0.1, 0.15) is 30.9 Å². The van der Waals surface area contributed by atoms with Gasteiger partial charge in [0.2, 0.25) is 0 Å². The number of hydrazine groups is 1. The topological polar surface area (TPSA) is 44.7 Å². The van der Waals surface area contributed by atoms with Crippen molar-refractivity contribution in [1.29, 1.82) is 0 Å². The zero-order valence-corrected chi connectivity index (χ0v) is 10.9. The monoisotopic (exact) mass is 250 g/mol. The lowest BCUT2D eigenvalue weighted by molar-refractivity contribution is 0.103. The number of nitrogens with one attached hydrogen (secondary N) is 1. The average Bonchev–Trinajstić information content (AvgIpc) is 2.45. The molecule has 1 heterocycles. The maximum absolute atomic E-state index is 8.87. The molecule has 18 heavy (non-hydrogen) atoms. The molecule has 1 saturated heterocycles. The van der Waals surface area contributed by atoms with Crippen molar-refractivity contribution in [2.24, 2.45) is 0 Å². The molecule has 2 N–H and O–H groups in total. The summed E-state index contributed by atoms with van der Waals surface area (Å²) in [5, 5.41) is 11.1. The van der Waals surface area contributed by atoms with Crippen LogP contribution in [0.5, 0.6) is 5.75 Å². The molecule has 2 rings (SSSR count). The van der Waals surface area contributed by atoms with Crippen LogP contribution in [0.25, 0.3) is 0 Å². The summed E-state index contributed by atoms with van der Waals surface area (Å²) in [5.74, 6) is 0.895. The Kier molecular flexibility index (Phi) is 4.99. The van der Waals surface area contributed by atoms with Gasteiger partial charge in [-0.1, -0.05) is 12.1 Å². The quantitative estimate of drug-likeness (QED) is 0.835. The Balaban J connectivity index is 1.94. The van der Waals surface area contributed by atoms with E-state index in [1.807, 2.05) is 12.1 Å². The molecule has 1 aromatic rings. The minimum Gasteiger partial charge on any atom is -0.497 e. The highest BCUT2D eigenvalue weighted by Gasteiger charge is 2.19. The Morgan fingerprint density at radius 1 is 1.39 bits per heavy atom. The molecule has 1 aliphatic heterocycles. The standard InChI is InChI=1S/C14H22N2O2/c1-18-13-7-5-12(6-8-13)14-4-2-9-16(15-14)10-3-11-17/h5-8,14-15,17H,2-4,9-11H2,1H3. The van der Waals surface area contributed by atoms with Gasteiger partial charge < -0.3 is 9.84 Å². The van der Waals surface area contributed by atoms with Crippen molar-refractivity contribution in [2.75, 3.05) is 26.8 Å². The fraction of sp³-hybridized carbons (Fsp3) is 0.571. The highest BCUT2D eigenvalue weighted by atomic mass is 16.5. The van der Waals surface area contributed by atoms with E-state index < -0.39 is 0 Å². The summed E-state index contributed by atoms with van der Waals surface area (Å²) < 4.78 is 5.17. The largest absolute Gasteiger partial charge is 0.497 e. The zero-order valence-electron chi connectivity index (χ0n) is 10.9. The molecular formula is C14H22N2O2. The van der Waals surface area contributed by atoms with Gasteiger partial charge in [0.05, 0.1) is 7.11 Å². The second-order valence-electron chi connectivity index (χ2n) is 4.66. The predicted octanol–water partition coefficient (Wildman–Crippen LogP) is 1.72. The third kappa shape index (κ3) is 3.45. The van der Waals surface area contributed by atoms with Gasteiger partial charge in [-0.15, -0.1) is 0 Å². The van der Waals surface area contributed by atoms with Gasteiger partial charge in [0.15, 0.2) is 0 Å². The number of ether oxygens (including phenoxy) is 1. The van der Waals surface area contributed by atoms with E-state index in [1.54, 1.807) is 7.11 Å². The molecule has 1 aromatic carbocycles. The van der Waals surface area contributed by atoms with Gasteiger partial charge in [-0.2, -0.15) is 0 Å².